The van der Waals surface area contributed by atoms with E-state index in [0.717, 1.165) is 6.42 Å². The van der Waals surface area contributed by atoms with Crippen LogP contribution in [0.4, 0.5) is 5.82 Å². The standard InChI is InChI=1S/C11H19N3O2S/c1-9(2)6-7-14-17(15,16)10-4-5-11(12-3)13-8-10/h4-5,8-9,14H,6-7H2,1-3H3,(H,12,13). The zero-order valence-electron chi connectivity index (χ0n) is 10.4. The zero-order valence-corrected chi connectivity index (χ0v) is 11.2. The number of aromatic nitrogens is 1. The first-order valence-corrected chi connectivity index (χ1v) is 7.07. The zero-order chi connectivity index (χ0) is 12.9. The molecule has 0 fully saturated rings. The van der Waals surface area contributed by atoms with E-state index in [-0.39, 0.29) is 4.90 Å². The van der Waals surface area contributed by atoms with Gasteiger partial charge in [0.15, 0.2) is 0 Å². The van der Waals surface area contributed by atoms with E-state index in [1.807, 2.05) is 0 Å². The third-order valence-electron chi connectivity index (χ3n) is 2.32. The molecule has 2 N–H and O–H groups in total. The van der Waals surface area contributed by atoms with Gasteiger partial charge in [0.1, 0.15) is 10.7 Å². The number of nitrogens with zero attached hydrogens (tertiary/aromatic N) is 1. The lowest BCUT2D eigenvalue weighted by Crippen LogP contribution is -2.25. The smallest absolute Gasteiger partial charge is 0.242 e. The van der Waals surface area contributed by atoms with Gasteiger partial charge in [-0.2, -0.15) is 0 Å². The molecule has 0 spiro atoms. The molecule has 0 amide bonds. The van der Waals surface area contributed by atoms with Crippen molar-refractivity contribution < 1.29 is 8.42 Å². The van der Waals surface area contributed by atoms with Gasteiger partial charge < -0.3 is 5.32 Å². The van der Waals surface area contributed by atoms with Crippen LogP contribution in [0.25, 0.3) is 0 Å². The van der Waals surface area contributed by atoms with Crippen LogP contribution in [-0.4, -0.2) is 27.0 Å². The summed E-state index contributed by atoms with van der Waals surface area (Å²) >= 11 is 0. The lowest BCUT2D eigenvalue weighted by atomic mass is 10.1. The number of pyridine rings is 1. The Hall–Kier alpha value is -1.14. The van der Waals surface area contributed by atoms with Crippen LogP contribution in [0, 0.1) is 5.92 Å². The van der Waals surface area contributed by atoms with E-state index in [4.69, 9.17) is 0 Å². The number of hydrogen-bond acceptors (Lipinski definition) is 4. The van der Waals surface area contributed by atoms with E-state index < -0.39 is 10.0 Å². The van der Waals surface area contributed by atoms with Crippen LogP contribution in [0.2, 0.25) is 0 Å². The van der Waals surface area contributed by atoms with Crippen LogP contribution in [0.1, 0.15) is 20.3 Å². The van der Waals surface area contributed by atoms with Crippen molar-refractivity contribution >= 4 is 15.8 Å². The molecule has 0 saturated heterocycles. The molecule has 1 rings (SSSR count). The van der Waals surface area contributed by atoms with Gasteiger partial charge in [0.2, 0.25) is 10.0 Å². The van der Waals surface area contributed by atoms with Gasteiger partial charge in [0.25, 0.3) is 0 Å². The Kier molecular flexibility index (Phi) is 4.89. The van der Waals surface area contributed by atoms with Crippen LogP contribution in [-0.2, 0) is 10.0 Å². The maximum Gasteiger partial charge on any atom is 0.242 e. The van der Waals surface area contributed by atoms with E-state index >= 15 is 0 Å². The fraction of sp³-hybridized carbons (Fsp3) is 0.545. The number of rotatable bonds is 6. The third-order valence-corrected chi connectivity index (χ3v) is 3.76. The highest BCUT2D eigenvalue weighted by atomic mass is 32.2. The first kappa shape index (κ1) is 13.9. The van der Waals surface area contributed by atoms with Crippen LogP contribution >= 0.6 is 0 Å². The van der Waals surface area contributed by atoms with E-state index in [0.29, 0.717) is 18.3 Å². The Morgan fingerprint density at radius 1 is 1.35 bits per heavy atom. The maximum atomic E-state index is 11.8. The summed E-state index contributed by atoms with van der Waals surface area (Å²) in [5.74, 6) is 1.12. The third kappa shape index (κ3) is 4.32. The molecule has 1 aromatic rings. The molecule has 1 aromatic heterocycles. The Labute approximate surface area is 103 Å². The van der Waals surface area contributed by atoms with Gasteiger partial charge in [-0.05, 0) is 24.5 Å². The van der Waals surface area contributed by atoms with E-state index in [9.17, 15) is 8.42 Å². The molecule has 0 aliphatic heterocycles. The highest BCUT2D eigenvalue weighted by Crippen LogP contribution is 2.10. The van der Waals surface area contributed by atoms with Gasteiger partial charge in [0.05, 0.1) is 0 Å². The first-order chi connectivity index (χ1) is 7.95. The highest BCUT2D eigenvalue weighted by Gasteiger charge is 2.13. The van der Waals surface area contributed by atoms with Crippen molar-refractivity contribution in [2.75, 3.05) is 18.9 Å². The molecule has 0 saturated carbocycles. The van der Waals surface area contributed by atoms with Crippen molar-refractivity contribution in [3.8, 4) is 0 Å². The van der Waals surface area contributed by atoms with Crippen molar-refractivity contribution in [1.29, 1.82) is 0 Å². The van der Waals surface area contributed by atoms with Gasteiger partial charge >= 0.3 is 0 Å². The number of hydrogen-bond donors (Lipinski definition) is 2. The fourth-order valence-corrected chi connectivity index (χ4v) is 2.24. The van der Waals surface area contributed by atoms with Gasteiger partial charge in [0, 0.05) is 19.8 Å². The predicted molar refractivity (Wildman–Crippen MR) is 68.4 cm³/mol. The average Bonchev–Trinajstić information content (AvgIpc) is 2.28. The molecule has 0 radical (unpaired) electrons. The molecule has 0 aliphatic rings. The van der Waals surface area contributed by atoms with Crippen LogP contribution < -0.4 is 10.0 Å². The monoisotopic (exact) mass is 257 g/mol. The van der Waals surface area contributed by atoms with Gasteiger partial charge in [-0.25, -0.2) is 18.1 Å². The van der Waals surface area contributed by atoms with Crippen LogP contribution in [0.15, 0.2) is 23.2 Å². The SMILES string of the molecule is CNc1ccc(S(=O)(=O)NCCC(C)C)cn1. The van der Waals surface area contributed by atoms with Gasteiger partial charge in [-0.1, -0.05) is 13.8 Å². The van der Waals surface area contributed by atoms with Crippen molar-refractivity contribution in [2.45, 2.75) is 25.2 Å². The summed E-state index contributed by atoms with van der Waals surface area (Å²) in [5.41, 5.74) is 0. The van der Waals surface area contributed by atoms with Crippen LogP contribution in [0.3, 0.4) is 0 Å². The minimum atomic E-state index is -3.42. The highest BCUT2D eigenvalue weighted by molar-refractivity contribution is 7.89. The van der Waals surface area contributed by atoms with Crippen molar-refractivity contribution in [1.82, 2.24) is 9.71 Å². The molecule has 0 bridgehead atoms. The minimum absolute atomic E-state index is 0.195. The molecule has 0 unspecified atom stereocenters. The average molecular weight is 257 g/mol. The van der Waals surface area contributed by atoms with Crippen molar-refractivity contribution in [2.24, 2.45) is 5.92 Å². The normalized spacial score (nSPS) is 11.8. The van der Waals surface area contributed by atoms with Crippen molar-refractivity contribution in [3.05, 3.63) is 18.3 Å². The summed E-state index contributed by atoms with van der Waals surface area (Å²) in [6.45, 7) is 4.56. The molecular weight excluding hydrogens is 238 g/mol. The molecule has 1 heterocycles. The second kappa shape index (κ2) is 5.97. The van der Waals surface area contributed by atoms with Gasteiger partial charge in [-0.15, -0.1) is 0 Å². The van der Waals surface area contributed by atoms with E-state index in [2.05, 4.69) is 28.9 Å². The Balaban J connectivity index is 2.68. The van der Waals surface area contributed by atoms with E-state index in [1.54, 1.807) is 13.1 Å². The first-order valence-electron chi connectivity index (χ1n) is 5.59. The molecule has 6 heteroatoms. The number of anilines is 1. The Morgan fingerprint density at radius 2 is 2.06 bits per heavy atom. The molecular formula is C11H19N3O2S. The largest absolute Gasteiger partial charge is 0.373 e. The topological polar surface area (TPSA) is 71.1 Å². The number of sulfonamides is 1. The lowest BCUT2D eigenvalue weighted by Gasteiger charge is -2.08. The maximum absolute atomic E-state index is 11.8. The summed E-state index contributed by atoms with van der Waals surface area (Å²) in [5, 5.41) is 2.84. The Bertz CT molecular complexity index is 440. The molecule has 96 valence electrons. The summed E-state index contributed by atoms with van der Waals surface area (Å²) in [6, 6.07) is 3.17. The molecule has 0 atom stereocenters. The van der Waals surface area contributed by atoms with Crippen LogP contribution in [0.5, 0.6) is 0 Å². The molecule has 0 aliphatic carbocycles. The second-order valence-corrected chi connectivity index (χ2v) is 5.98. The second-order valence-electron chi connectivity index (χ2n) is 4.21. The van der Waals surface area contributed by atoms with Crippen molar-refractivity contribution in [3.63, 3.8) is 0 Å². The summed E-state index contributed by atoms with van der Waals surface area (Å²) in [6.07, 6.45) is 2.17. The number of nitrogens with one attached hydrogen (secondary N) is 2. The summed E-state index contributed by atoms with van der Waals surface area (Å²) in [4.78, 5) is 4.17. The predicted octanol–water partition coefficient (Wildman–Crippen LogP) is 1.45. The van der Waals surface area contributed by atoms with Gasteiger partial charge in [-0.3, -0.25) is 0 Å². The van der Waals surface area contributed by atoms with E-state index in [1.165, 1.54) is 12.3 Å². The quantitative estimate of drug-likeness (QED) is 0.809. The molecule has 17 heavy (non-hydrogen) atoms. The summed E-state index contributed by atoms with van der Waals surface area (Å²) in [7, 11) is -1.69. The lowest BCUT2D eigenvalue weighted by molar-refractivity contribution is 0.551. The minimum Gasteiger partial charge on any atom is -0.373 e. The fourth-order valence-electron chi connectivity index (χ4n) is 1.25. The molecule has 0 aromatic carbocycles. The molecule has 5 nitrogen and oxygen atoms in total. The summed E-state index contributed by atoms with van der Waals surface area (Å²) < 4.78 is 26.2. The Morgan fingerprint density at radius 3 is 2.53 bits per heavy atom.